The standard InChI is InChI=1S/C16H15N5O2/c22-16-6-3-7-18-21(16)14-10-23-9-13(14)20-15-8-17-11-4-1-2-5-12(11)19-15/h1-8,13-14H,9-10H2,(H,19,20). The Bertz CT molecular complexity index is 895. The molecule has 0 amide bonds. The van der Waals surface area contributed by atoms with Gasteiger partial charge in [0.25, 0.3) is 5.56 Å². The Morgan fingerprint density at radius 2 is 2.00 bits per heavy atom. The van der Waals surface area contributed by atoms with Crippen LogP contribution in [0.25, 0.3) is 11.0 Å². The summed E-state index contributed by atoms with van der Waals surface area (Å²) >= 11 is 0. The number of para-hydroxylation sites is 2. The second-order valence-electron chi connectivity index (χ2n) is 5.41. The number of nitrogens with zero attached hydrogens (tertiary/aromatic N) is 4. The highest BCUT2D eigenvalue weighted by Crippen LogP contribution is 2.21. The van der Waals surface area contributed by atoms with E-state index in [1.165, 1.54) is 10.7 Å². The molecule has 0 aliphatic carbocycles. The van der Waals surface area contributed by atoms with Crippen molar-refractivity contribution < 1.29 is 4.74 Å². The zero-order chi connectivity index (χ0) is 15.6. The lowest BCUT2D eigenvalue weighted by Crippen LogP contribution is -2.37. The summed E-state index contributed by atoms with van der Waals surface area (Å²) in [5.74, 6) is 0.660. The second-order valence-corrected chi connectivity index (χ2v) is 5.41. The minimum Gasteiger partial charge on any atom is -0.377 e. The molecule has 1 aliphatic heterocycles. The molecule has 1 fully saturated rings. The third-order valence-corrected chi connectivity index (χ3v) is 3.89. The third-order valence-electron chi connectivity index (χ3n) is 3.89. The van der Waals surface area contributed by atoms with Gasteiger partial charge in [-0.3, -0.25) is 9.78 Å². The van der Waals surface area contributed by atoms with Crippen molar-refractivity contribution in [2.24, 2.45) is 0 Å². The lowest BCUT2D eigenvalue weighted by Gasteiger charge is -2.20. The first kappa shape index (κ1) is 13.8. The molecule has 3 aromatic rings. The quantitative estimate of drug-likeness (QED) is 0.784. The summed E-state index contributed by atoms with van der Waals surface area (Å²) in [5.41, 5.74) is 1.53. The maximum atomic E-state index is 12.0. The molecule has 0 radical (unpaired) electrons. The number of hydrogen-bond donors (Lipinski definition) is 1. The number of benzene rings is 1. The van der Waals surface area contributed by atoms with Crippen molar-refractivity contribution >= 4 is 16.9 Å². The number of fused-ring (bicyclic) bond motifs is 1. The second kappa shape index (κ2) is 5.77. The average molecular weight is 309 g/mol. The van der Waals surface area contributed by atoms with E-state index in [2.05, 4.69) is 20.4 Å². The van der Waals surface area contributed by atoms with Gasteiger partial charge in [-0.05, 0) is 18.2 Å². The Morgan fingerprint density at radius 1 is 1.13 bits per heavy atom. The van der Waals surface area contributed by atoms with E-state index < -0.39 is 0 Å². The molecule has 1 N–H and O–H groups in total. The van der Waals surface area contributed by atoms with Crippen molar-refractivity contribution in [3.8, 4) is 0 Å². The van der Waals surface area contributed by atoms with Gasteiger partial charge >= 0.3 is 0 Å². The van der Waals surface area contributed by atoms with Crippen LogP contribution in [0.15, 0.2) is 53.6 Å². The Morgan fingerprint density at radius 3 is 2.87 bits per heavy atom. The van der Waals surface area contributed by atoms with E-state index in [1.54, 1.807) is 18.5 Å². The molecular formula is C16H15N5O2. The summed E-state index contributed by atoms with van der Waals surface area (Å²) in [7, 11) is 0. The van der Waals surface area contributed by atoms with Crippen LogP contribution in [0.1, 0.15) is 6.04 Å². The predicted molar refractivity (Wildman–Crippen MR) is 85.3 cm³/mol. The van der Waals surface area contributed by atoms with E-state index in [-0.39, 0.29) is 17.6 Å². The molecule has 116 valence electrons. The lowest BCUT2D eigenvalue weighted by molar-refractivity contribution is 0.182. The fourth-order valence-corrected chi connectivity index (χ4v) is 2.76. The van der Waals surface area contributed by atoms with Crippen LogP contribution in [0, 0.1) is 0 Å². The highest BCUT2D eigenvalue weighted by molar-refractivity contribution is 5.75. The summed E-state index contributed by atoms with van der Waals surface area (Å²) in [6, 6.07) is 10.6. The first-order valence-electron chi connectivity index (χ1n) is 7.41. The van der Waals surface area contributed by atoms with Crippen molar-refractivity contribution in [3.05, 3.63) is 59.1 Å². The first-order valence-corrected chi connectivity index (χ1v) is 7.41. The molecule has 23 heavy (non-hydrogen) atoms. The first-order chi connectivity index (χ1) is 11.3. The van der Waals surface area contributed by atoms with Crippen LogP contribution in [0.5, 0.6) is 0 Å². The fraction of sp³-hybridized carbons (Fsp3) is 0.250. The summed E-state index contributed by atoms with van der Waals surface area (Å²) in [6.07, 6.45) is 3.30. The molecule has 0 saturated carbocycles. The lowest BCUT2D eigenvalue weighted by atomic mass is 10.1. The van der Waals surface area contributed by atoms with Crippen LogP contribution in [0.2, 0.25) is 0 Å². The van der Waals surface area contributed by atoms with E-state index in [0.717, 1.165) is 11.0 Å². The van der Waals surface area contributed by atoms with Crippen LogP contribution in [0.3, 0.4) is 0 Å². The van der Waals surface area contributed by atoms with Crippen LogP contribution in [-0.4, -0.2) is 39.0 Å². The van der Waals surface area contributed by atoms with Gasteiger partial charge < -0.3 is 10.1 Å². The summed E-state index contributed by atoms with van der Waals surface area (Å²) in [6.45, 7) is 0.928. The molecule has 3 heterocycles. The molecular weight excluding hydrogens is 294 g/mol. The van der Waals surface area contributed by atoms with Gasteiger partial charge in [-0.25, -0.2) is 9.67 Å². The summed E-state index contributed by atoms with van der Waals surface area (Å²) < 4.78 is 6.99. The van der Waals surface area contributed by atoms with Gasteiger partial charge in [-0.2, -0.15) is 5.10 Å². The minimum atomic E-state index is -0.169. The highest BCUT2D eigenvalue weighted by atomic mass is 16.5. The largest absolute Gasteiger partial charge is 0.377 e. The van der Waals surface area contributed by atoms with Crippen molar-refractivity contribution in [3.63, 3.8) is 0 Å². The number of ether oxygens (including phenoxy) is 1. The van der Waals surface area contributed by atoms with Crippen LogP contribution in [-0.2, 0) is 4.74 Å². The van der Waals surface area contributed by atoms with E-state index in [0.29, 0.717) is 19.0 Å². The van der Waals surface area contributed by atoms with E-state index in [4.69, 9.17) is 4.74 Å². The van der Waals surface area contributed by atoms with E-state index in [1.807, 2.05) is 24.3 Å². The Hall–Kier alpha value is -2.80. The van der Waals surface area contributed by atoms with Crippen molar-refractivity contribution in [1.29, 1.82) is 0 Å². The minimum absolute atomic E-state index is 0.0851. The Kier molecular flexibility index (Phi) is 3.47. The molecule has 2 aromatic heterocycles. The monoisotopic (exact) mass is 309 g/mol. The van der Waals surface area contributed by atoms with Crippen molar-refractivity contribution in [2.75, 3.05) is 18.5 Å². The van der Waals surface area contributed by atoms with Gasteiger partial charge in [-0.1, -0.05) is 12.1 Å². The normalized spacial score (nSPS) is 20.7. The molecule has 1 aliphatic rings. The number of hydrogen-bond acceptors (Lipinski definition) is 6. The Labute approximate surface area is 132 Å². The summed E-state index contributed by atoms with van der Waals surface area (Å²) in [4.78, 5) is 20.9. The third kappa shape index (κ3) is 2.66. The maximum Gasteiger partial charge on any atom is 0.267 e. The molecule has 2 atom stereocenters. The topological polar surface area (TPSA) is 81.9 Å². The van der Waals surface area contributed by atoms with Gasteiger partial charge in [0.15, 0.2) is 0 Å². The Balaban J connectivity index is 1.61. The fourth-order valence-electron chi connectivity index (χ4n) is 2.76. The van der Waals surface area contributed by atoms with Gasteiger partial charge in [0.2, 0.25) is 0 Å². The number of aromatic nitrogens is 4. The molecule has 7 nitrogen and oxygen atoms in total. The van der Waals surface area contributed by atoms with E-state index in [9.17, 15) is 4.79 Å². The molecule has 1 saturated heterocycles. The van der Waals surface area contributed by atoms with Crippen molar-refractivity contribution in [2.45, 2.75) is 12.1 Å². The molecule has 0 bridgehead atoms. The van der Waals surface area contributed by atoms with Gasteiger partial charge in [0.05, 0.1) is 36.5 Å². The maximum absolute atomic E-state index is 12.0. The highest BCUT2D eigenvalue weighted by Gasteiger charge is 2.31. The molecule has 7 heteroatoms. The average Bonchev–Trinajstić information content (AvgIpc) is 3.03. The van der Waals surface area contributed by atoms with Crippen LogP contribution < -0.4 is 10.9 Å². The number of rotatable bonds is 3. The van der Waals surface area contributed by atoms with Crippen molar-refractivity contribution in [1.82, 2.24) is 19.7 Å². The van der Waals surface area contributed by atoms with Crippen LogP contribution in [0.4, 0.5) is 5.82 Å². The molecule has 2 unspecified atom stereocenters. The SMILES string of the molecule is O=c1cccnn1C1COCC1Nc1cnc2ccccc2n1. The number of nitrogens with one attached hydrogen (secondary N) is 1. The number of anilines is 1. The molecule has 1 aromatic carbocycles. The van der Waals surface area contributed by atoms with E-state index >= 15 is 0 Å². The van der Waals surface area contributed by atoms with Crippen LogP contribution >= 0.6 is 0 Å². The van der Waals surface area contributed by atoms with Gasteiger partial charge in [0.1, 0.15) is 11.9 Å². The molecule has 0 spiro atoms. The smallest absolute Gasteiger partial charge is 0.267 e. The van der Waals surface area contributed by atoms with Gasteiger partial charge in [-0.15, -0.1) is 0 Å². The van der Waals surface area contributed by atoms with Gasteiger partial charge in [0, 0.05) is 12.3 Å². The summed E-state index contributed by atoms with van der Waals surface area (Å²) in [5, 5.41) is 7.46. The predicted octanol–water partition coefficient (Wildman–Crippen LogP) is 1.24. The zero-order valence-corrected chi connectivity index (χ0v) is 12.3. The zero-order valence-electron chi connectivity index (χ0n) is 12.3. The molecule has 4 rings (SSSR count).